The third kappa shape index (κ3) is 9.09. The van der Waals surface area contributed by atoms with E-state index in [0.29, 0.717) is 24.6 Å². The number of likely N-dealkylation sites (tertiary alicyclic amines) is 1. The number of nitrogens with one attached hydrogen (secondary N) is 2. The topological polar surface area (TPSA) is 108 Å². The molecule has 0 aliphatic carbocycles. The van der Waals surface area contributed by atoms with Crippen molar-refractivity contribution in [1.82, 2.24) is 15.5 Å². The molecular formula is C28H37N3O5. The molecule has 1 unspecified atom stereocenters. The number of carboxylic acid groups (broad SMARTS) is 1. The average molecular weight is 496 g/mol. The Hall–Kier alpha value is -3.81. The van der Waals surface area contributed by atoms with Crippen LogP contribution in [-0.4, -0.2) is 47.1 Å². The zero-order valence-corrected chi connectivity index (χ0v) is 21.8. The first-order chi connectivity index (χ1) is 17.1. The number of hydrogen-bond donors (Lipinski definition) is 3. The van der Waals surface area contributed by atoms with Crippen LogP contribution in [0, 0.1) is 0 Å². The maximum Gasteiger partial charge on any atom is 0.335 e. The van der Waals surface area contributed by atoms with Crippen molar-refractivity contribution in [2.45, 2.75) is 59.9 Å². The minimum atomic E-state index is -0.982. The Morgan fingerprint density at radius 3 is 2.42 bits per heavy atom. The average Bonchev–Trinajstić information content (AvgIpc) is 3.30. The van der Waals surface area contributed by atoms with Crippen molar-refractivity contribution < 1.29 is 24.2 Å². The molecule has 1 aromatic carbocycles. The fourth-order valence-electron chi connectivity index (χ4n) is 3.79. The molecule has 3 amide bonds. The summed E-state index contributed by atoms with van der Waals surface area (Å²) in [6.07, 6.45) is 9.53. The molecule has 8 heteroatoms. The van der Waals surface area contributed by atoms with Crippen LogP contribution in [0.2, 0.25) is 0 Å². The number of ether oxygens (including phenoxy) is 1. The number of benzene rings is 1. The number of carbonyl (C=O) groups excluding carboxylic acids is 2. The normalized spacial score (nSPS) is 17.1. The van der Waals surface area contributed by atoms with Crippen molar-refractivity contribution >= 4 is 17.9 Å². The van der Waals surface area contributed by atoms with Gasteiger partial charge in [-0.2, -0.15) is 0 Å². The molecule has 1 heterocycles. The van der Waals surface area contributed by atoms with Crippen molar-refractivity contribution in [2.24, 2.45) is 0 Å². The molecule has 0 radical (unpaired) electrons. The molecule has 1 fully saturated rings. The van der Waals surface area contributed by atoms with Gasteiger partial charge < -0.3 is 25.4 Å². The monoisotopic (exact) mass is 495 g/mol. The molecule has 1 atom stereocenters. The summed E-state index contributed by atoms with van der Waals surface area (Å²) in [7, 11) is 0. The molecule has 0 spiro atoms. The summed E-state index contributed by atoms with van der Waals surface area (Å²) in [6, 6.07) is 5.92. The number of carboxylic acids is 1. The van der Waals surface area contributed by atoms with Gasteiger partial charge in [0, 0.05) is 24.4 Å². The highest BCUT2D eigenvalue weighted by molar-refractivity contribution is 5.87. The van der Waals surface area contributed by atoms with E-state index in [-0.39, 0.29) is 30.0 Å². The fraction of sp³-hybridized carbons (Fsp3) is 0.393. The molecule has 0 bridgehead atoms. The highest BCUT2D eigenvalue weighted by Gasteiger charge is 2.29. The first kappa shape index (κ1) is 28.4. The van der Waals surface area contributed by atoms with Gasteiger partial charge in [0.05, 0.1) is 11.6 Å². The minimum Gasteiger partial charge on any atom is -0.491 e. The van der Waals surface area contributed by atoms with E-state index in [0.717, 1.165) is 29.7 Å². The number of rotatable bonds is 10. The molecule has 1 saturated heterocycles. The summed E-state index contributed by atoms with van der Waals surface area (Å²) in [5, 5.41) is 14.6. The van der Waals surface area contributed by atoms with Gasteiger partial charge in [0.1, 0.15) is 12.4 Å². The summed E-state index contributed by atoms with van der Waals surface area (Å²) in [5.74, 6) is -0.368. The number of carbonyl (C=O) groups is 3. The molecule has 8 nitrogen and oxygen atoms in total. The van der Waals surface area contributed by atoms with Crippen LogP contribution in [0.15, 0.2) is 71.1 Å². The van der Waals surface area contributed by atoms with Crippen LogP contribution in [0.25, 0.3) is 0 Å². The van der Waals surface area contributed by atoms with Crippen LogP contribution in [0.1, 0.15) is 64.2 Å². The molecular weight excluding hydrogens is 458 g/mol. The fourth-order valence-corrected chi connectivity index (χ4v) is 3.79. The van der Waals surface area contributed by atoms with Gasteiger partial charge in [0.15, 0.2) is 0 Å². The highest BCUT2D eigenvalue weighted by Crippen LogP contribution is 2.21. The molecule has 1 aromatic rings. The lowest BCUT2D eigenvalue weighted by Gasteiger charge is -2.25. The molecule has 194 valence electrons. The zero-order valence-electron chi connectivity index (χ0n) is 21.8. The van der Waals surface area contributed by atoms with Crippen LogP contribution in [-0.2, 0) is 4.79 Å². The highest BCUT2D eigenvalue weighted by atomic mass is 16.5. The Bertz CT molecular complexity index is 1070. The Morgan fingerprint density at radius 2 is 1.78 bits per heavy atom. The lowest BCUT2D eigenvalue weighted by atomic mass is 10.1. The summed E-state index contributed by atoms with van der Waals surface area (Å²) >= 11 is 0. The Labute approximate surface area is 213 Å². The summed E-state index contributed by atoms with van der Waals surface area (Å²) in [4.78, 5) is 37.9. The third-order valence-electron chi connectivity index (χ3n) is 5.91. The number of amides is 3. The first-order valence-electron chi connectivity index (χ1n) is 12.1. The van der Waals surface area contributed by atoms with E-state index >= 15 is 0 Å². The zero-order chi connectivity index (χ0) is 26.7. The van der Waals surface area contributed by atoms with E-state index < -0.39 is 5.97 Å². The van der Waals surface area contributed by atoms with E-state index in [4.69, 9.17) is 9.84 Å². The predicted octanol–water partition coefficient (Wildman–Crippen LogP) is 5.16. The lowest BCUT2D eigenvalue weighted by Crippen LogP contribution is -2.39. The third-order valence-corrected chi connectivity index (χ3v) is 5.91. The first-order valence-corrected chi connectivity index (χ1v) is 12.1. The minimum absolute atomic E-state index is 0.0191. The number of hydrogen-bond acceptors (Lipinski definition) is 4. The van der Waals surface area contributed by atoms with Gasteiger partial charge in [-0.05, 0) is 83.4 Å². The van der Waals surface area contributed by atoms with Gasteiger partial charge in [0.2, 0.25) is 5.91 Å². The van der Waals surface area contributed by atoms with Gasteiger partial charge in [-0.25, -0.2) is 9.59 Å². The van der Waals surface area contributed by atoms with Crippen LogP contribution in [0.4, 0.5) is 4.79 Å². The Balaban J connectivity index is 1.87. The second kappa shape index (κ2) is 13.9. The summed E-state index contributed by atoms with van der Waals surface area (Å²) in [6.45, 7) is 10.4. The van der Waals surface area contributed by atoms with E-state index in [2.05, 4.69) is 10.6 Å². The number of allylic oxidation sites excluding steroid dienone is 7. The van der Waals surface area contributed by atoms with Gasteiger partial charge >= 0.3 is 12.0 Å². The number of aromatic carboxylic acids is 1. The molecule has 3 N–H and O–H groups in total. The Kier molecular flexibility index (Phi) is 11.0. The van der Waals surface area contributed by atoms with Gasteiger partial charge in [-0.1, -0.05) is 23.8 Å². The maximum atomic E-state index is 12.9. The maximum absolute atomic E-state index is 12.9. The van der Waals surface area contributed by atoms with Gasteiger partial charge in [-0.3, -0.25) is 4.79 Å². The second-order valence-electron chi connectivity index (χ2n) is 8.95. The van der Waals surface area contributed by atoms with Crippen LogP contribution >= 0.6 is 0 Å². The van der Waals surface area contributed by atoms with Crippen molar-refractivity contribution in [3.63, 3.8) is 0 Å². The summed E-state index contributed by atoms with van der Waals surface area (Å²) < 4.78 is 5.82. The second-order valence-corrected chi connectivity index (χ2v) is 8.95. The van der Waals surface area contributed by atoms with E-state index in [1.807, 2.05) is 50.8 Å². The molecule has 2 rings (SSSR count). The van der Waals surface area contributed by atoms with Crippen LogP contribution < -0.4 is 15.4 Å². The van der Waals surface area contributed by atoms with Crippen molar-refractivity contribution in [1.29, 1.82) is 0 Å². The van der Waals surface area contributed by atoms with Crippen LogP contribution in [0.3, 0.4) is 0 Å². The van der Waals surface area contributed by atoms with Crippen molar-refractivity contribution in [3.05, 3.63) is 76.7 Å². The quantitative estimate of drug-likeness (QED) is 0.389. The molecule has 1 aliphatic rings. The molecule has 0 saturated carbocycles. The molecule has 36 heavy (non-hydrogen) atoms. The van der Waals surface area contributed by atoms with Crippen molar-refractivity contribution in [3.8, 4) is 5.75 Å². The van der Waals surface area contributed by atoms with E-state index in [9.17, 15) is 14.4 Å². The van der Waals surface area contributed by atoms with E-state index in [1.54, 1.807) is 25.1 Å². The van der Waals surface area contributed by atoms with Crippen molar-refractivity contribution in [2.75, 3.05) is 13.2 Å². The lowest BCUT2D eigenvalue weighted by molar-refractivity contribution is -0.131. The largest absolute Gasteiger partial charge is 0.491 e. The molecule has 1 aliphatic heterocycles. The number of urea groups is 1. The SMILES string of the molecule is C/C=C\C(C)=C(/C)NC(=O)N/C(C)=C/C=C(\C)CC(=O)N1CCCC1COc1ccc(C(=O)O)cc1. The van der Waals surface area contributed by atoms with Gasteiger partial charge in [-0.15, -0.1) is 0 Å². The standard InChI is InChI=1S/C28H37N3O5/c1-6-8-20(3)22(5)30-28(35)29-21(4)11-10-19(2)17-26(32)31-16-7-9-24(31)18-36-25-14-12-23(13-15-25)27(33)34/h6,8,10-15,24H,7,9,16-18H2,1-5H3,(H,33,34)(H2,29,30,35)/b8-6-,19-10+,21-11+,22-20+. The molecule has 0 aromatic heterocycles. The number of nitrogens with zero attached hydrogens (tertiary/aromatic N) is 1. The van der Waals surface area contributed by atoms with Gasteiger partial charge in [0.25, 0.3) is 0 Å². The van der Waals surface area contributed by atoms with Crippen LogP contribution in [0.5, 0.6) is 5.75 Å². The summed E-state index contributed by atoms with van der Waals surface area (Å²) in [5.41, 5.74) is 3.51. The predicted molar refractivity (Wildman–Crippen MR) is 141 cm³/mol. The Morgan fingerprint density at radius 1 is 1.08 bits per heavy atom. The van der Waals surface area contributed by atoms with E-state index in [1.165, 1.54) is 12.1 Å². The smallest absolute Gasteiger partial charge is 0.335 e.